The Kier molecular flexibility index (Phi) is 4.37. The third-order valence-electron chi connectivity index (χ3n) is 3.54. The van der Waals surface area contributed by atoms with Crippen LogP contribution in [-0.2, 0) is 14.3 Å². The van der Waals surface area contributed by atoms with Gasteiger partial charge in [-0.25, -0.2) is 4.39 Å². The van der Waals surface area contributed by atoms with Crippen LogP contribution in [0, 0.1) is 11.2 Å². The predicted octanol–water partition coefficient (Wildman–Crippen LogP) is 1.44. The molecule has 112 valence electrons. The maximum Gasteiger partial charge on any atom is 0.313 e. The number of benzene rings is 1. The van der Waals surface area contributed by atoms with E-state index in [4.69, 9.17) is 4.74 Å². The molecule has 0 spiro atoms. The van der Waals surface area contributed by atoms with Gasteiger partial charge in [0, 0.05) is 6.08 Å². The Balaban J connectivity index is 2.00. The number of carboxylic acids is 1. The summed E-state index contributed by atoms with van der Waals surface area (Å²) >= 11 is 0. The Morgan fingerprint density at radius 1 is 1.52 bits per heavy atom. The Bertz CT molecular complexity index is 587. The number of carbonyl (C=O) groups excluding carboxylic acids is 1. The fraction of sp³-hybridized carbons (Fsp3) is 0.333. The quantitative estimate of drug-likeness (QED) is 0.824. The van der Waals surface area contributed by atoms with Crippen LogP contribution in [0.25, 0.3) is 6.08 Å². The standard InChI is InChI=1S/C15H16FNO4/c1-15(14(19)20)9-21-8-12(15)17-13(18)6-5-10-3-2-4-11(16)7-10/h2-7,12H,8-9H2,1H3,(H,17,18)(H,19,20). The van der Waals surface area contributed by atoms with E-state index in [1.54, 1.807) is 12.1 Å². The Labute approximate surface area is 121 Å². The van der Waals surface area contributed by atoms with Crippen LogP contribution in [0.1, 0.15) is 12.5 Å². The summed E-state index contributed by atoms with van der Waals surface area (Å²) in [5.74, 6) is -1.85. The maximum absolute atomic E-state index is 13.0. The third kappa shape index (κ3) is 3.46. The molecule has 6 heteroatoms. The van der Waals surface area contributed by atoms with E-state index < -0.39 is 23.3 Å². The van der Waals surface area contributed by atoms with E-state index >= 15 is 0 Å². The second-order valence-electron chi connectivity index (χ2n) is 5.19. The second kappa shape index (κ2) is 6.05. The van der Waals surface area contributed by atoms with Gasteiger partial charge in [-0.3, -0.25) is 9.59 Å². The van der Waals surface area contributed by atoms with Gasteiger partial charge in [-0.15, -0.1) is 0 Å². The first-order chi connectivity index (χ1) is 9.91. The van der Waals surface area contributed by atoms with Gasteiger partial charge in [0.2, 0.25) is 5.91 Å². The molecule has 0 aromatic heterocycles. The third-order valence-corrected chi connectivity index (χ3v) is 3.54. The molecule has 0 saturated carbocycles. The van der Waals surface area contributed by atoms with Crippen LogP contribution in [0.2, 0.25) is 0 Å². The highest BCUT2D eigenvalue weighted by Gasteiger charge is 2.47. The van der Waals surface area contributed by atoms with E-state index in [9.17, 15) is 19.1 Å². The Morgan fingerprint density at radius 2 is 2.29 bits per heavy atom. The van der Waals surface area contributed by atoms with Gasteiger partial charge >= 0.3 is 5.97 Å². The molecule has 1 heterocycles. The molecule has 2 unspecified atom stereocenters. The molecule has 2 rings (SSSR count). The summed E-state index contributed by atoms with van der Waals surface area (Å²) < 4.78 is 18.1. The van der Waals surface area contributed by atoms with E-state index in [-0.39, 0.29) is 19.0 Å². The summed E-state index contributed by atoms with van der Waals surface area (Å²) in [6.07, 6.45) is 2.71. The molecule has 1 fully saturated rings. The fourth-order valence-corrected chi connectivity index (χ4v) is 2.09. The number of rotatable bonds is 4. The highest BCUT2D eigenvalue weighted by molar-refractivity contribution is 5.92. The lowest BCUT2D eigenvalue weighted by atomic mass is 9.85. The van der Waals surface area contributed by atoms with Gasteiger partial charge in [-0.2, -0.15) is 0 Å². The highest BCUT2D eigenvalue weighted by Crippen LogP contribution is 2.28. The first kappa shape index (κ1) is 15.2. The molecule has 2 atom stereocenters. The molecule has 1 amide bonds. The summed E-state index contributed by atoms with van der Waals surface area (Å²) in [6, 6.07) is 5.21. The van der Waals surface area contributed by atoms with Gasteiger partial charge < -0.3 is 15.2 Å². The van der Waals surface area contributed by atoms with Crippen molar-refractivity contribution in [2.24, 2.45) is 5.41 Å². The monoisotopic (exact) mass is 293 g/mol. The molecular formula is C15H16FNO4. The smallest absolute Gasteiger partial charge is 0.313 e. The lowest BCUT2D eigenvalue weighted by Gasteiger charge is -2.24. The van der Waals surface area contributed by atoms with Crippen LogP contribution in [0.5, 0.6) is 0 Å². The summed E-state index contributed by atoms with van der Waals surface area (Å²) in [7, 11) is 0. The van der Waals surface area contributed by atoms with Crippen molar-refractivity contribution in [2.75, 3.05) is 13.2 Å². The van der Waals surface area contributed by atoms with Crippen molar-refractivity contribution < 1.29 is 23.8 Å². The van der Waals surface area contributed by atoms with Crippen LogP contribution >= 0.6 is 0 Å². The van der Waals surface area contributed by atoms with Crippen molar-refractivity contribution in [3.63, 3.8) is 0 Å². The number of nitrogens with one attached hydrogen (secondary N) is 1. The molecule has 1 aromatic carbocycles. The van der Waals surface area contributed by atoms with Crippen molar-refractivity contribution in [3.05, 3.63) is 41.7 Å². The molecule has 0 bridgehead atoms. The van der Waals surface area contributed by atoms with E-state index in [1.807, 2.05) is 0 Å². The topological polar surface area (TPSA) is 75.6 Å². The first-order valence-corrected chi connectivity index (χ1v) is 6.47. The minimum absolute atomic E-state index is 0.0564. The predicted molar refractivity (Wildman–Crippen MR) is 73.9 cm³/mol. The highest BCUT2D eigenvalue weighted by atomic mass is 19.1. The van der Waals surface area contributed by atoms with Gasteiger partial charge in [0.05, 0.1) is 19.3 Å². The van der Waals surface area contributed by atoms with Gasteiger partial charge in [0.1, 0.15) is 11.2 Å². The number of hydrogen-bond donors (Lipinski definition) is 2. The Morgan fingerprint density at radius 3 is 2.95 bits per heavy atom. The molecular weight excluding hydrogens is 277 g/mol. The lowest BCUT2D eigenvalue weighted by Crippen LogP contribution is -2.49. The lowest BCUT2D eigenvalue weighted by molar-refractivity contribution is -0.148. The van der Waals surface area contributed by atoms with Crippen LogP contribution < -0.4 is 5.32 Å². The molecule has 0 radical (unpaired) electrons. The molecule has 1 saturated heterocycles. The van der Waals surface area contributed by atoms with Crippen molar-refractivity contribution in [1.29, 1.82) is 0 Å². The fourth-order valence-electron chi connectivity index (χ4n) is 2.09. The maximum atomic E-state index is 13.0. The number of halogens is 1. The molecule has 1 aliphatic rings. The van der Waals surface area contributed by atoms with Gasteiger partial charge in [0.15, 0.2) is 0 Å². The van der Waals surface area contributed by atoms with Crippen LogP contribution in [-0.4, -0.2) is 36.2 Å². The SMILES string of the molecule is CC1(C(=O)O)COCC1NC(=O)C=Cc1cccc(F)c1. The zero-order valence-corrected chi connectivity index (χ0v) is 11.5. The van der Waals surface area contributed by atoms with E-state index in [2.05, 4.69) is 5.32 Å². The zero-order chi connectivity index (χ0) is 15.5. The van der Waals surface area contributed by atoms with Crippen molar-refractivity contribution >= 4 is 18.0 Å². The van der Waals surface area contributed by atoms with Crippen molar-refractivity contribution in [2.45, 2.75) is 13.0 Å². The number of carbonyl (C=O) groups is 2. The summed E-state index contributed by atoms with van der Waals surface area (Å²) in [4.78, 5) is 23.1. The molecule has 1 aliphatic heterocycles. The Hall–Kier alpha value is -2.21. The molecule has 0 aliphatic carbocycles. The summed E-state index contributed by atoms with van der Waals surface area (Å²) in [5, 5.41) is 11.8. The minimum Gasteiger partial charge on any atom is -0.481 e. The number of amides is 1. The molecule has 2 N–H and O–H groups in total. The summed E-state index contributed by atoms with van der Waals surface area (Å²) in [5.41, 5.74) is -0.587. The van der Waals surface area contributed by atoms with E-state index in [1.165, 1.54) is 31.2 Å². The van der Waals surface area contributed by atoms with Crippen LogP contribution in [0.3, 0.4) is 0 Å². The van der Waals surface area contributed by atoms with Crippen molar-refractivity contribution in [3.8, 4) is 0 Å². The molecule has 1 aromatic rings. The average Bonchev–Trinajstić information content (AvgIpc) is 2.79. The van der Waals surface area contributed by atoms with Gasteiger partial charge in [-0.05, 0) is 30.7 Å². The van der Waals surface area contributed by atoms with E-state index in [0.29, 0.717) is 5.56 Å². The van der Waals surface area contributed by atoms with Gasteiger partial charge in [-0.1, -0.05) is 12.1 Å². The van der Waals surface area contributed by atoms with Crippen molar-refractivity contribution in [1.82, 2.24) is 5.32 Å². The molecule has 5 nitrogen and oxygen atoms in total. The number of ether oxygens (including phenoxy) is 1. The normalized spacial score (nSPS) is 25.1. The zero-order valence-electron chi connectivity index (χ0n) is 11.5. The van der Waals surface area contributed by atoms with E-state index in [0.717, 1.165) is 0 Å². The number of carboxylic acid groups (broad SMARTS) is 1. The molecule has 21 heavy (non-hydrogen) atoms. The second-order valence-corrected chi connectivity index (χ2v) is 5.19. The average molecular weight is 293 g/mol. The van der Waals surface area contributed by atoms with Gasteiger partial charge in [0.25, 0.3) is 0 Å². The van der Waals surface area contributed by atoms with Crippen LogP contribution in [0.4, 0.5) is 4.39 Å². The number of hydrogen-bond acceptors (Lipinski definition) is 3. The largest absolute Gasteiger partial charge is 0.481 e. The minimum atomic E-state index is -1.14. The van der Waals surface area contributed by atoms with Crippen LogP contribution in [0.15, 0.2) is 30.3 Å². The first-order valence-electron chi connectivity index (χ1n) is 6.47. The summed E-state index contributed by atoms with van der Waals surface area (Å²) in [6.45, 7) is 1.74. The number of aliphatic carboxylic acids is 1.